The van der Waals surface area contributed by atoms with Gasteiger partial charge in [0.25, 0.3) is 11.8 Å². The van der Waals surface area contributed by atoms with Crippen LogP contribution in [0.15, 0.2) is 71.4 Å². The summed E-state index contributed by atoms with van der Waals surface area (Å²) >= 11 is 6.58. The van der Waals surface area contributed by atoms with Gasteiger partial charge in [-0.1, -0.05) is 56.5 Å². The Kier molecular flexibility index (Phi) is 9.00. The monoisotopic (exact) mass is 542 g/mol. The van der Waals surface area contributed by atoms with Crippen molar-refractivity contribution in [2.75, 3.05) is 13.2 Å². The molecule has 2 aromatic carbocycles. The summed E-state index contributed by atoms with van der Waals surface area (Å²) in [4.78, 5) is 27.5. The number of hydrogen-bond acceptors (Lipinski definition) is 5. The number of rotatable bonds is 10. The highest BCUT2D eigenvalue weighted by Gasteiger charge is 2.35. The zero-order chi connectivity index (χ0) is 27.9. The molecule has 4 rings (SSSR count). The molecular formula is C31H31ClN4O3. The van der Waals surface area contributed by atoms with Crippen LogP contribution in [0.5, 0.6) is 5.75 Å². The molecule has 39 heavy (non-hydrogen) atoms. The number of nitriles is 1. The molecule has 0 bridgehead atoms. The van der Waals surface area contributed by atoms with Crippen LogP contribution in [0.1, 0.15) is 52.0 Å². The SMILES string of the molecule is CCCCOc1ccc(-c2nn(-c3ccccc3)cc2/C=C2/C(=O)N(CCCC)C(=O)C(C#N)=C2C)cc1Cl. The molecule has 200 valence electrons. The predicted molar refractivity (Wildman–Crippen MR) is 152 cm³/mol. The van der Waals surface area contributed by atoms with Crippen LogP contribution in [-0.4, -0.2) is 39.6 Å². The van der Waals surface area contributed by atoms with Crippen molar-refractivity contribution < 1.29 is 14.3 Å². The molecule has 0 unspecified atom stereocenters. The molecule has 0 radical (unpaired) electrons. The van der Waals surface area contributed by atoms with Crippen molar-refractivity contribution >= 4 is 29.5 Å². The smallest absolute Gasteiger partial charge is 0.271 e. The van der Waals surface area contributed by atoms with E-state index in [1.165, 1.54) is 4.90 Å². The van der Waals surface area contributed by atoms with Crippen LogP contribution < -0.4 is 4.74 Å². The number of halogens is 1. The van der Waals surface area contributed by atoms with Gasteiger partial charge in [-0.2, -0.15) is 10.4 Å². The van der Waals surface area contributed by atoms with E-state index in [4.69, 9.17) is 21.4 Å². The number of hydrogen-bond donors (Lipinski definition) is 0. The maximum absolute atomic E-state index is 13.5. The van der Waals surface area contributed by atoms with Gasteiger partial charge in [0.05, 0.1) is 17.3 Å². The fourth-order valence-corrected chi connectivity index (χ4v) is 4.56. The first-order chi connectivity index (χ1) is 18.9. The summed E-state index contributed by atoms with van der Waals surface area (Å²) in [6, 6.07) is 17.1. The molecular weight excluding hydrogens is 512 g/mol. The number of ether oxygens (including phenoxy) is 1. The van der Waals surface area contributed by atoms with Crippen molar-refractivity contribution in [1.82, 2.24) is 14.7 Å². The van der Waals surface area contributed by atoms with Gasteiger partial charge in [0.2, 0.25) is 0 Å². The third-order valence-corrected chi connectivity index (χ3v) is 6.88. The highest BCUT2D eigenvalue weighted by Crippen LogP contribution is 2.34. The highest BCUT2D eigenvalue weighted by atomic mass is 35.5. The number of unbranched alkanes of at least 4 members (excludes halogenated alkanes) is 2. The summed E-state index contributed by atoms with van der Waals surface area (Å²) in [7, 11) is 0. The number of amides is 2. The molecule has 0 fully saturated rings. The van der Waals surface area contributed by atoms with Crippen LogP contribution in [0.3, 0.4) is 0 Å². The lowest BCUT2D eigenvalue weighted by molar-refractivity contribution is -0.140. The molecule has 1 aromatic heterocycles. The number of aromatic nitrogens is 2. The van der Waals surface area contributed by atoms with Crippen LogP contribution >= 0.6 is 11.6 Å². The minimum Gasteiger partial charge on any atom is -0.492 e. The Bertz CT molecular complexity index is 1480. The van der Waals surface area contributed by atoms with E-state index in [-0.39, 0.29) is 12.1 Å². The summed E-state index contributed by atoms with van der Waals surface area (Å²) in [5, 5.41) is 15.0. The van der Waals surface area contributed by atoms with Gasteiger partial charge in [0, 0.05) is 29.4 Å². The van der Waals surface area contributed by atoms with Crippen molar-refractivity contribution in [3.8, 4) is 28.8 Å². The lowest BCUT2D eigenvalue weighted by Gasteiger charge is -2.27. The van der Waals surface area contributed by atoms with E-state index in [1.54, 1.807) is 23.7 Å². The van der Waals surface area contributed by atoms with Crippen LogP contribution in [0, 0.1) is 11.3 Å². The fourth-order valence-electron chi connectivity index (χ4n) is 4.33. The number of benzene rings is 2. The summed E-state index contributed by atoms with van der Waals surface area (Å²) < 4.78 is 7.55. The van der Waals surface area contributed by atoms with Crippen molar-refractivity contribution in [3.63, 3.8) is 0 Å². The number of carbonyl (C=O) groups excluding carboxylic acids is 2. The Morgan fingerprint density at radius 3 is 2.46 bits per heavy atom. The molecule has 0 saturated carbocycles. The van der Waals surface area contributed by atoms with Gasteiger partial charge < -0.3 is 4.74 Å². The Morgan fingerprint density at radius 2 is 1.79 bits per heavy atom. The number of imide groups is 1. The number of nitrogens with zero attached hydrogens (tertiary/aromatic N) is 4. The van der Waals surface area contributed by atoms with Gasteiger partial charge in [-0.05, 0) is 61.7 Å². The minimum absolute atomic E-state index is 0.0226. The molecule has 0 atom stereocenters. The number of carbonyl (C=O) groups is 2. The number of para-hydroxylation sites is 1. The van der Waals surface area contributed by atoms with Crippen LogP contribution in [0.2, 0.25) is 5.02 Å². The van der Waals surface area contributed by atoms with Crippen molar-refractivity contribution in [3.05, 3.63) is 82.0 Å². The van der Waals surface area contributed by atoms with Crippen molar-refractivity contribution in [1.29, 1.82) is 5.26 Å². The van der Waals surface area contributed by atoms with E-state index in [1.807, 2.05) is 61.7 Å². The first kappa shape index (κ1) is 27.9. The normalized spacial score (nSPS) is 14.7. The van der Waals surface area contributed by atoms with Gasteiger partial charge in [-0.25, -0.2) is 4.68 Å². The van der Waals surface area contributed by atoms with E-state index in [0.29, 0.717) is 46.2 Å². The molecule has 0 spiro atoms. The maximum atomic E-state index is 13.5. The average Bonchev–Trinajstić information content (AvgIpc) is 3.37. The summed E-state index contributed by atoms with van der Waals surface area (Å²) in [6.45, 7) is 6.56. The minimum atomic E-state index is -0.545. The molecule has 0 saturated heterocycles. The third kappa shape index (κ3) is 5.97. The highest BCUT2D eigenvalue weighted by molar-refractivity contribution is 6.32. The van der Waals surface area contributed by atoms with Crippen LogP contribution in [-0.2, 0) is 9.59 Å². The summed E-state index contributed by atoms with van der Waals surface area (Å²) in [6.07, 6.45) is 6.96. The van der Waals surface area contributed by atoms with Gasteiger partial charge in [0.1, 0.15) is 23.1 Å². The Balaban J connectivity index is 1.84. The Hall–Kier alpha value is -4.15. The first-order valence-electron chi connectivity index (χ1n) is 13.2. The maximum Gasteiger partial charge on any atom is 0.271 e. The first-order valence-corrected chi connectivity index (χ1v) is 13.5. The summed E-state index contributed by atoms with van der Waals surface area (Å²) in [5.74, 6) is -0.362. The van der Waals surface area contributed by atoms with Crippen LogP contribution in [0.25, 0.3) is 23.0 Å². The molecule has 0 N–H and O–H groups in total. The van der Waals surface area contributed by atoms with Gasteiger partial charge in [-0.3, -0.25) is 14.5 Å². The zero-order valence-corrected chi connectivity index (χ0v) is 23.2. The average molecular weight is 543 g/mol. The van der Waals surface area contributed by atoms with E-state index in [0.717, 1.165) is 30.5 Å². The largest absolute Gasteiger partial charge is 0.492 e. The van der Waals surface area contributed by atoms with E-state index >= 15 is 0 Å². The molecule has 0 aliphatic carbocycles. The fraction of sp³-hybridized carbons (Fsp3) is 0.290. The molecule has 2 amide bonds. The van der Waals surface area contributed by atoms with Gasteiger partial charge >= 0.3 is 0 Å². The van der Waals surface area contributed by atoms with Gasteiger partial charge in [0.15, 0.2) is 0 Å². The quantitative estimate of drug-likeness (QED) is 0.160. The summed E-state index contributed by atoms with van der Waals surface area (Å²) in [5.41, 5.74) is 3.47. The lowest BCUT2D eigenvalue weighted by Crippen LogP contribution is -2.43. The second kappa shape index (κ2) is 12.6. The molecule has 3 aromatic rings. The van der Waals surface area contributed by atoms with Gasteiger partial charge in [-0.15, -0.1) is 0 Å². The Morgan fingerprint density at radius 1 is 1.05 bits per heavy atom. The molecule has 8 heteroatoms. The van der Waals surface area contributed by atoms with Crippen molar-refractivity contribution in [2.45, 2.75) is 46.5 Å². The topological polar surface area (TPSA) is 88.2 Å². The van der Waals surface area contributed by atoms with Crippen molar-refractivity contribution in [2.24, 2.45) is 0 Å². The zero-order valence-electron chi connectivity index (χ0n) is 22.4. The standard InChI is InChI=1S/C31H31ClN4O3/c1-4-6-15-35-30(37)25(21(3)26(19-33)31(35)38)17-23-20-36(24-11-9-8-10-12-24)34-29(23)22-13-14-28(27(32)18-22)39-16-7-5-2/h8-14,17-18,20H,4-7,15-16H2,1-3H3/b25-17+. The molecule has 7 nitrogen and oxygen atoms in total. The second-order valence-electron chi connectivity index (χ2n) is 9.35. The van der Waals surface area contributed by atoms with E-state index < -0.39 is 11.8 Å². The van der Waals surface area contributed by atoms with E-state index in [9.17, 15) is 14.9 Å². The Labute approximate surface area is 233 Å². The molecule has 1 aliphatic heterocycles. The second-order valence-corrected chi connectivity index (χ2v) is 9.75. The predicted octanol–water partition coefficient (Wildman–Crippen LogP) is 6.76. The molecule has 2 heterocycles. The van der Waals surface area contributed by atoms with Crippen LogP contribution in [0.4, 0.5) is 0 Å². The molecule has 1 aliphatic rings. The third-order valence-electron chi connectivity index (χ3n) is 6.58. The van der Waals surface area contributed by atoms with E-state index in [2.05, 4.69) is 6.92 Å². The lowest BCUT2D eigenvalue weighted by atomic mass is 9.93.